The van der Waals surface area contributed by atoms with Gasteiger partial charge in [-0.15, -0.1) is 0 Å². The second-order valence-corrected chi connectivity index (χ2v) is 4.01. The summed E-state index contributed by atoms with van der Waals surface area (Å²) < 4.78 is 5.39. The highest BCUT2D eigenvalue weighted by Crippen LogP contribution is 2.29. The maximum atomic E-state index is 11.4. The zero-order valence-corrected chi connectivity index (χ0v) is 8.50. The van der Waals surface area contributed by atoms with Crippen LogP contribution in [0.15, 0.2) is 11.5 Å². The predicted octanol–water partition coefficient (Wildman–Crippen LogP) is 2.04. The quantitative estimate of drug-likeness (QED) is 0.714. The number of carbonyl (C=O) groups excluding carboxylic acids is 1. The summed E-state index contributed by atoms with van der Waals surface area (Å²) in [4.78, 5) is 11.4. The molecule has 0 bridgehead atoms. The molecule has 13 heavy (non-hydrogen) atoms. The van der Waals surface area contributed by atoms with E-state index in [1.807, 2.05) is 27.7 Å². The zero-order valence-electron chi connectivity index (χ0n) is 8.50. The summed E-state index contributed by atoms with van der Waals surface area (Å²) >= 11 is 0. The van der Waals surface area contributed by atoms with Gasteiger partial charge in [-0.3, -0.25) is 4.79 Å². The van der Waals surface area contributed by atoms with Crippen LogP contribution in [-0.4, -0.2) is 17.0 Å². The van der Waals surface area contributed by atoms with Crippen LogP contribution in [0.5, 0.6) is 0 Å². The number of hydrogen-bond acceptors (Lipinski definition) is 3. The molecule has 3 heteroatoms. The summed E-state index contributed by atoms with van der Waals surface area (Å²) in [5.74, 6) is 0.134. The van der Waals surface area contributed by atoms with Gasteiger partial charge in [0.25, 0.3) is 0 Å². The van der Waals surface area contributed by atoms with Crippen molar-refractivity contribution in [3.63, 3.8) is 0 Å². The molecule has 1 unspecified atom stereocenters. The Morgan fingerprint density at radius 2 is 1.85 bits per heavy atom. The molecule has 74 valence electrons. The Labute approximate surface area is 78.4 Å². The molecule has 0 spiro atoms. The van der Waals surface area contributed by atoms with Gasteiger partial charge in [-0.2, -0.15) is 0 Å². The molecule has 1 aliphatic rings. The number of Topliss-reactive ketones (excluding diaryl/α,β-unsaturated/α-hetero) is 1. The van der Waals surface area contributed by atoms with E-state index in [9.17, 15) is 9.90 Å². The Balaban J connectivity index is 2.86. The van der Waals surface area contributed by atoms with Crippen molar-refractivity contribution in [3.05, 3.63) is 11.5 Å². The largest absolute Gasteiger partial charge is 0.502 e. The third-order valence-corrected chi connectivity index (χ3v) is 2.11. The second kappa shape index (κ2) is 3.40. The Bertz CT molecular complexity index is 251. The minimum absolute atomic E-state index is 0.0627. The summed E-state index contributed by atoms with van der Waals surface area (Å²) in [5, 5.41) is 9.45. The van der Waals surface area contributed by atoms with Crippen LogP contribution >= 0.6 is 0 Å². The number of rotatable bonds is 2. The summed E-state index contributed by atoms with van der Waals surface area (Å²) in [7, 11) is 0. The van der Waals surface area contributed by atoms with E-state index in [-0.39, 0.29) is 23.4 Å². The van der Waals surface area contributed by atoms with E-state index < -0.39 is 6.10 Å². The van der Waals surface area contributed by atoms with E-state index in [1.54, 1.807) is 0 Å². The lowest BCUT2D eigenvalue weighted by molar-refractivity contribution is -0.124. The van der Waals surface area contributed by atoms with Crippen molar-refractivity contribution in [1.82, 2.24) is 0 Å². The number of hydrogen-bond donors (Lipinski definition) is 1. The van der Waals surface area contributed by atoms with Crippen LogP contribution in [0.2, 0.25) is 0 Å². The monoisotopic (exact) mass is 184 g/mol. The van der Waals surface area contributed by atoms with Gasteiger partial charge in [-0.1, -0.05) is 27.7 Å². The van der Waals surface area contributed by atoms with Gasteiger partial charge in [0.2, 0.25) is 11.5 Å². The maximum absolute atomic E-state index is 11.4. The molecule has 3 nitrogen and oxygen atoms in total. The molecule has 0 saturated heterocycles. The van der Waals surface area contributed by atoms with E-state index in [0.717, 1.165) is 0 Å². The maximum Gasteiger partial charge on any atom is 0.241 e. The fourth-order valence-corrected chi connectivity index (χ4v) is 1.35. The highest BCUT2D eigenvalue weighted by atomic mass is 16.5. The Morgan fingerprint density at radius 3 is 2.08 bits per heavy atom. The van der Waals surface area contributed by atoms with Gasteiger partial charge < -0.3 is 9.84 Å². The Morgan fingerprint density at radius 1 is 1.31 bits per heavy atom. The van der Waals surface area contributed by atoms with E-state index in [4.69, 9.17) is 4.74 Å². The van der Waals surface area contributed by atoms with Crippen molar-refractivity contribution in [2.45, 2.75) is 33.8 Å². The molecule has 0 radical (unpaired) electrons. The van der Waals surface area contributed by atoms with E-state index in [0.29, 0.717) is 5.76 Å². The van der Waals surface area contributed by atoms with Crippen LogP contribution in [0, 0.1) is 11.8 Å². The van der Waals surface area contributed by atoms with Crippen LogP contribution in [-0.2, 0) is 9.53 Å². The first-order valence-corrected chi connectivity index (χ1v) is 4.59. The topological polar surface area (TPSA) is 46.5 Å². The summed E-state index contributed by atoms with van der Waals surface area (Å²) in [5.41, 5.74) is 0. The van der Waals surface area contributed by atoms with Gasteiger partial charge >= 0.3 is 0 Å². The lowest BCUT2D eigenvalue weighted by Gasteiger charge is -2.15. The number of ether oxygens (including phenoxy) is 1. The molecule has 1 N–H and O–H groups in total. The number of aliphatic hydroxyl groups is 1. The Kier molecular flexibility index (Phi) is 2.64. The van der Waals surface area contributed by atoms with Crippen LogP contribution in [0.4, 0.5) is 0 Å². The van der Waals surface area contributed by atoms with E-state index in [1.165, 1.54) is 0 Å². The van der Waals surface area contributed by atoms with Crippen LogP contribution in [0.1, 0.15) is 27.7 Å². The molecule has 0 amide bonds. The van der Waals surface area contributed by atoms with Crippen molar-refractivity contribution < 1.29 is 14.6 Å². The smallest absolute Gasteiger partial charge is 0.241 e. The molecule has 1 atom stereocenters. The summed E-state index contributed by atoms with van der Waals surface area (Å²) in [6.07, 6.45) is -0.489. The molecular formula is C10H16O3. The van der Waals surface area contributed by atoms with Crippen LogP contribution in [0.25, 0.3) is 0 Å². The predicted molar refractivity (Wildman–Crippen MR) is 49.2 cm³/mol. The van der Waals surface area contributed by atoms with E-state index >= 15 is 0 Å². The van der Waals surface area contributed by atoms with Crippen molar-refractivity contribution >= 4 is 5.78 Å². The molecule has 1 aliphatic heterocycles. The third-order valence-electron chi connectivity index (χ3n) is 2.11. The lowest BCUT2D eigenvalue weighted by atomic mass is 10.0. The van der Waals surface area contributed by atoms with Gasteiger partial charge in [-0.05, 0) is 5.92 Å². The highest BCUT2D eigenvalue weighted by molar-refractivity contribution is 5.99. The fraction of sp³-hybridized carbons (Fsp3) is 0.700. The third kappa shape index (κ3) is 1.69. The lowest BCUT2D eigenvalue weighted by Crippen LogP contribution is -2.24. The SMILES string of the molecule is CC(C)C1=C(O)C(=O)C(C(C)C)O1. The molecular weight excluding hydrogens is 168 g/mol. The average molecular weight is 184 g/mol. The van der Waals surface area contributed by atoms with Crippen molar-refractivity contribution in [2.75, 3.05) is 0 Å². The minimum atomic E-state index is -0.489. The fourth-order valence-electron chi connectivity index (χ4n) is 1.35. The van der Waals surface area contributed by atoms with Crippen LogP contribution in [0.3, 0.4) is 0 Å². The molecule has 0 saturated carbocycles. The minimum Gasteiger partial charge on any atom is -0.502 e. The number of carbonyl (C=O) groups is 1. The normalized spacial score (nSPS) is 23.2. The average Bonchev–Trinajstić information content (AvgIpc) is 2.29. The van der Waals surface area contributed by atoms with E-state index in [2.05, 4.69) is 0 Å². The zero-order chi connectivity index (χ0) is 10.2. The van der Waals surface area contributed by atoms with Crippen molar-refractivity contribution in [3.8, 4) is 0 Å². The van der Waals surface area contributed by atoms with Gasteiger partial charge in [0.1, 0.15) is 5.76 Å². The van der Waals surface area contributed by atoms with Gasteiger partial charge in [-0.25, -0.2) is 0 Å². The first-order valence-electron chi connectivity index (χ1n) is 4.59. The summed E-state index contributed by atoms with van der Waals surface area (Å²) in [6.45, 7) is 7.58. The molecule has 0 aromatic carbocycles. The standard InChI is InChI=1S/C10H16O3/c1-5(2)9-7(11)8(12)10(13-9)6(3)4/h5-6,9,12H,1-4H3. The summed E-state index contributed by atoms with van der Waals surface area (Å²) in [6, 6.07) is 0. The first-order chi connectivity index (χ1) is 5.95. The van der Waals surface area contributed by atoms with Crippen molar-refractivity contribution in [1.29, 1.82) is 0 Å². The molecule has 1 heterocycles. The molecule has 0 fully saturated rings. The molecule has 0 aromatic heterocycles. The highest BCUT2D eigenvalue weighted by Gasteiger charge is 2.37. The first kappa shape index (κ1) is 10.1. The number of ketones is 1. The Hall–Kier alpha value is -0.990. The molecule has 0 aliphatic carbocycles. The van der Waals surface area contributed by atoms with Gasteiger partial charge in [0.15, 0.2) is 6.10 Å². The molecule has 0 aromatic rings. The number of aliphatic hydroxyl groups excluding tert-OH is 1. The second-order valence-electron chi connectivity index (χ2n) is 4.01. The molecule has 1 rings (SSSR count). The van der Waals surface area contributed by atoms with Gasteiger partial charge in [0.05, 0.1) is 0 Å². The van der Waals surface area contributed by atoms with Gasteiger partial charge in [0, 0.05) is 5.92 Å². The van der Waals surface area contributed by atoms with Crippen molar-refractivity contribution in [2.24, 2.45) is 11.8 Å². The number of allylic oxidation sites excluding steroid dienone is 1. The van der Waals surface area contributed by atoms with Crippen LogP contribution < -0.4 is 0 Å².